The van der Waals surface area contributed by atoms with Crippen molar-refractivity contribution in [2.75, 3.05) is 13.0 Å². The van der Waals surface area contributed by atoms with Crippen molar-refractivity contribution in [3.05, 3.63) is 28.8 Å². The fourth-order valence-electron chi connectivity index (χ4n) is 1.05. The number of hydrogen-bond donors (Lipinski definition) is 1. The van der Waals surface area contributed by atoms with E-state index in [1.807, 2.05) is 0 Å². The van der Waals surface area contributed by atoms with Crippen LogP contribution < -0.4 is 10.1 Å². The molecule has 0 atom stereocenters. The van der Waals surface area contributed by atoms with E-state index in [1.165, 1.54) is 0 Å². The number of alkyl halides is 1. The van der Waals surface area contributed by atoms with Gasteiger partial charge in [-0.05, 0) is 23.8 Å². The molecular formula is C10H11Cl2NO2. The normalized spacial score (nSPS) is 9.80. The Morgan fingerprint density at radius 3 is 2.87 bits per heavy atom. The third-order valence-electron chi connectivity index (χ3n) is 1.85. The number of ether oxygens (including phenoxy) is 1. The van der Waals surface area contributed by atoms with Gasteiger partial charge in [0.2, 0.25) is 5.91 Å². The molecule has 82 valence electrons. The Kier molecular flexibility index (Phi) is 4.72. The van der Waals surface area contributed by atoms with Gasteiger partial charge in [-0.1, -0.05) is 11.6 Å². The van der Waals surface area contributed by atoms with Gasteiger partial charge in [-0.2, -0.15) is 0 Å². The molecular weight excluding hydrogens is 237 g/mol. The standard InChI is InChI=1S/C10H11Cl2NO2/c1-15-8-2-3-9(12)7(4-8)6-13-10(14)5-11/h2-4H,5-6H2,1H3,(H,13,14). The minimum absolute atomic E-state index is 0.0540. The Morgan fingerprint density at radius 2 is 2.27 bits per heavy atom. The number of carbonyl (C=O) groups is 1. The average molecular weight is 248 g/mol. The minimum Gasteiger partial charge on any atom is -0.497 e. The molecule has 0 fully saturated rings. The molecule has 0 bridgehead atoms. The van der Waals surface area contributed by atoms with E-state index in [2.05, 4.69) is 5.32 Å². The fourth-order valence-corrected chi connectivity index (χ4v) is 1.33. The maximum atomic E-state index is 10.9. The van der Waals surface area contributed by atoms with Crippen LogP contribution in [0.25, 0.3) is 0 Å². The number of nitrogens with one attached hydrogen (secondary N) is 1. The van der Waals surface area contributed by atoms with Gasteiger partial charge in [-0.25, -0.2) is 0 Å². The molecule has 0 aliphatic carbocycles. The second-order valence-corrected chi connectivity index (χ2v) is 3.54. The Morgan fingerprint density at radius 1 is 1.53 bits per heavy atom. The molecule has 0 saturated heterocycles. The third kappa shape index (κ3) is 3.61. The molecule has 0 aliphatic heterocycles. The largest absolute Gasteiger partial charge is 0.497 e. The number of rotatable bonds is 4. The molecule has 0 aromatic heterocycles. The van der Waals surface area contributed by atoms with Gasteiger partial charge in [-0.3, -0.25) is 4.79 Å². The van der Waals surface area contributed by atoms with Crippen LogP contribution in [0.4, 0.5) is 0 Å². The van der Waals surface area contributed by atoms with Gasteiger partial charge in [0.05, 0.1) is 7.11 Å². The van der Waals surface area contributed by atoms with Gasteiger partial charge >= 0.3 is 0 Å². The fraction of sp³-hybridized carbons (Fsp3) is 0.300. The number of benzene rings is 1. The predicted molar refractivity (Wildman–Crippen MR) is 60.6 cm³/mol. The smallest absolute Gasteiger partial charge is 0.235 e. The molecule has 15 heavy (non-hydrogen) atoms. The summed E-state index contributed by atoms with van der Waals surface area (Å²) in [5.41, 5.74) is 0.800. The highest BCUT2D eigenvalue weighted by atomic mass is 35.5. The summed E-state index contributed by atoms with van der Waals surface area (Å²) in [5, 5.41) is 3.22. The van der Waals surface area contributed by atoms with E-state index in [0.717, 1.165) is 5.56 Å². The second kappa shape index (κ2) is 5.83. The van der Waals surface area contributed by atoms with Crippen LogP contribution in [0, 0.1) is 0 Å². The first-order chi connectivity index (χ1) is 7.17. The maximum Gasteiger partial charge on any atom is 0.235 e. The summed E-state index contributed by atoms with van der Waals surface area (Å²) in [7, 11) is 1.57. The number of amides is 1. The Labute approximate surface area is 98.3 Å². The summed E-state index contributed by atoms with van der Waals surface area (Å²) in [4.78, 5) is 10.9. The summed E-state index contributed by atoms with van der Waals surface area (Å²) in [5.74, 6) is 0.423. The lowest BCUT2D eigenvalue weighted by molar-refractivity contribution is -0.118. The van der Waals surface area contributed by atoms with Crippen LogP contribution in [0.15, 0.2) is 18.2 Å². The van der Waals surface area contributed by atoms with Gasteiger partial charge in [0.15, 0.2) is 0 Å². The highest BCUT2D eigenvalue weighted by molar-refractivity contribution is 6.31. The molecule has 5 heteroatoms. The lowest BCUT2D eigenvalue weighted by Crippen LogP contribution is -2.23. The van der Waals surface area contributed by atoms with E-state index >= 15 is 0 Å². The Bertz CT molecular complexity index is 355. The van der Waals surface area contributed by atoms with Crippen LogP contribution >= 0.6 is 23.2 Å². The van der Waals surface area contributed by atoms with E-state index in [1.54, 1.807) is 25.3 Å². The zero-order valence-electron chi connectivity index (χ0n) is 8.22. The first-order valence-electron chi connectivity index (χ1n) is 4.32. The van der Waals surface area contributed by atoms with E-state index in [0.29, 0.717) is 17.3 Å². The van der Waals surface area contributed by atoms with Crippen LogP contribution in [0.1, 0.15) is 5.56 Å². The van der Waals surface area contributed by atoms with Crippen molar-refractivity contribution in [2.45, 2.75) is 6.54 Å². The molecule has 1 aromatic carbocycles. The Balaban J connectivity index is 2.70. The number of hydrogen-bond acceptors (Lipinski definition) is 2. The van der Waals surface area contributed by atoms with E-state index in [-0.39, 0.29) is 11.8 Å². The molecule has 0 heterocycles. The molecule has 1 rings (SSSR count). The van der Waals surface area contributed by atoms with Crippen molar-refractivity contribution in [2.24, 2.45) is 0 Å². The molecule has 1 amide bonds. The van der Waals surface area contributed by atoms with Crippen molar-refractivity contribution in [1.29, 1.82) is 0 Å². The van der Waals surface area contributed by atoms with E-state index < -0.39 is 0 Å². The van der Waals surface area contributed by atoms with E-state index in [4.69, 9.17) is 27.9 Å². The lowest BCUT2D eigenvalue weighted by atomic mass is 10.2. The highest BCUT2D eigenvalue weighted by Crippen LogP contribution is 2.21. The van der Waals surface area contributed by atoms with Crippen molar-refractivity contribution in [1.82, 2.24) is 5.32 Å². The van der Waals surface area contributed by atoms with Crippen molar-refractivity contribution < 1.29 is 9.53 Å². The summed E-state index contributed by atoms with van der Waals surface area (Å²) in [6.45, 7) is 0.349. The van der Waals surface area contributed by atoms with E-state index in [9.17, 15) is 4.79 Å². The summed E-state index contributed by atoms with van der Waals surface area (Å²) in [6, 6.07) is 5.26. The van der Waals surface area contributed by atoms with Crippen molar-refractivity contribution in [3.63, 3.8) is 0 Å². The quantitative estimate of drug-likeness (QED) is 0.829. The molecule has 1 N–H and O–H groups in total. The van der Waals surface area contributed by atoms with Crippen LogP contribution in [0.2, 0.25) is 5.02 Å². The van der Waals surface area contributed by atoms with Gasteiger partial charge in [0.1, 0.15) is 11.6 Å². The monoisotopic (exact) mass is 247 g/mol. The van der Waals surface area contributed by atoms with Gasteiger partial charge in [0.25, 0.3) is 0 Å². The van der Waals surface area contributed by atoms with Crippen molar-refractivity contribution in [3.8, 4) is 5.75 Å². The minimum atomic E-state index is -0.226. The van der Waals surface area contributed by atoms with Crippen LogP contribution in [0.3, 0.4) is 0 Å². The number of halogens is 2. The van der Waals surface area contributed by atoms with Gasteiger partial charge < -0.3 is 10.1 Å². The second-order valence-electron chi connectivity index (χ2n) is 2.87. The maximum absolute atomic E-state index is 10.9. The van der Waals surface area contributed by atoms with Crippen LogP contribution in [0.5, 0.6) is 5.75 Å². The highest BCUT2D eigenvalue weighted by Gasteiger charge is 2.04. The van der Waals surface area contributed by atoms with Gasteiger partial charge in [-0.15, -0.1) is 11.6 Å². The molecule has 0 spiro atoms. The number of carbonyl (C=O) groups excluding carboxylic acids is 1. The predicted octanol–water partition coefficient (Wildman–Crippen LogP) is 2.20. The average Bonchev–Trinajstić information content (AvgIpc) is 2.27. The molecule has 1 aromatic rings. The lowest BCUT2D eigenvalue weighted by Gasteiger charge is -2.07. The third-order valence-corrected chi connectivity index (χ3v) is 2.46. The topological polar surface area (TPSA) is 38.3 Å². The summed E-state index contributed by atoms with van der Waals surface area (Å²) >= 11 is 11.3. The first kappa shape index (κ1) is 12.1. The molecule has 0 aliphatic rings. The van der Waals surface area contributed by atoms with Crippen molar-refractivity contribution >= 4 is 29.1 Å². The summed E-state index contributed by atoms with van der Waals surface area (Å²) < 4.78 is 5.05. The SMILES string of the molecule is COc1ccc(Cl)c(CNC(=O)CCl)c1. The number of methoxy groups -OCH3 is 1. The van der Waals surface area contributed by atoms with Crippen LogP contribution in [-0.2, 0) is 11.3 Å². The zero-order valence-corrected chi connectivity index (χ0v) is 9.73. The molecule has 0 unspecified atom stereocenters. The molecule has 0 saturated carbocycles. The van der Waals surface area contributed by atoms with Gasteiger partial charge in [0, 0.05) is 11.6 Å². The molecule has 3 nitrogen and oxygen atoms in total. The Hall–Kier alpha value is -0.930. The molecule has 0 radical (unpaired) electrons. The first-order valence-corrected chi connectivity index (χ1v) is 5.23. The van der Waals surface area contributed by atoms with Crippen LogP contribution in [-0.4, -0.2) is 18.9 Å². The zero-order chi connectivity index (χ0) is 11.3. The summed E-state index contributed by atoms with van der Waals surface area (Å²) in [6.07, 6.45) is 0.